The summed E-state index contributed by atoms with van der Waals surface area (Å²) in [6.45, 7) is 1.23. The third-order valence-electron chi connectivity index (χ3n) is 4.85. The molecule has 1 aromatic heterocycles. The second-order valence-corrected chi connectivity index (χ2v) is 8.03. The van der Waals surface area contributed by atoms with Crippen LogP contribution in [0.15, 0.2) is 46.8 Å². The summed E-state index contributed by atoms with van der Waals surface area (Å²) >= 11 is 1.74. The van der Waals surface area contributed by atoms with E-state index >= 15 is 0 Å². The summed E-state index contributed by atoms with van der Waals surface area (Å²) in [4.78, 5) is 16.4. The first-order chi connectivity index (χ1) is 13.6. The maximum atomic E-state index is 10.8. The highest BCUT2D eigenvalue weighted by Gasteiger charge is 2.20. The molecule has 0 atom stereocenters. The fourth-order valence-corrected chi connectivity index (χ4v) is 3.93. The largest absolute Gasteiger partial charge is 0.393 e. The van der Waals surface area contributed by atoms with Crippen molar-refractivity contribution >= 4 is 23.0 Å². The van der Waals surface area contributed by atoms with Gasteiger partial charge in [0.2, 0.25) is 0 Å². The summed E-state index contributed by atoms with van der Waals surface area (Å²) in [6, 6.07) is 11.0. The molecule has 0 aliphatic heterocycles. The monoisotopic (exact) mass is 402 g/mol. The van der Waals surface area contributed by atoms with Crippen molar-refractivity contribution in [3.05, 3.63) is 62.3 Å². The molecule has 8 heteroatoms. The number of nitrogens with one attached hydrogen (secondary N) is 2. The van der Waals surface area contributed by atoms with E-state index in [0.717, 1.165) is 50.2 Å². The maximum absolute atomic E-state index is 10.8. The number of hydrogen-bond donors (Lipinski definition) is 3. The SMILES string of the molecule is O=[N+]([O-])c1ccc(CN=C(NCCc2cccs2)NC2CCC(O)CC2)cc1. The molecule has 0 saturated heterocycles. The van der Waals surface area contributed by atoms with Gasteiger partial charge in [-0.15, -0.1) is 11.3 Å². The van der Waals surface area contributed by atoms with Crippen LogP contribution in [0.5, 0.6) is 0 Å². The second-order valence-electron chi connectivity index (χ2n) is 6.99. The van der Waals surface area contributed by atoms with Gasteiger partial charge in [-0.2, -0.15) is 0 Å². The minimum atomic E-state index is -0.399. The maximum Gasteiger partial charge on any atom is 0.269 e. The van der Waals surface area contributed by atoms with Gasteiger partial charge in [0.15, 0.2) is 5.96 Å². The minimum absolute atomic E-state index is 0.0842. The number of benzene rings is 1. The highest BCUT2D eigenvalue weighted by Crippen LogP contribution is 2.18. The summed E-state index contributed by atoms with van der Waals surface area (Å²) in [5.74, 6) is 0.747. The quantitative estimate of drug-likeness (QED) is 0.286. The molecule has 1 aliphatic rings. The topological polar surface area (TPSA) is 99.8 Å². The van der Waals surface area contributed by atoms with Gasteiger partial charge in [0, 0.05) is 29.6 Å². The molecule has 1 aliphatic carbocycles. The number of aliphatic hydroxyl groups is 1. The average molecular weight is 403 g/mol. The van der Waals surface area contributed by atoms with Crippen LogP contribution in [0.4, 0.5) is 5.69 Å². The minimum Gasteiger partial charge on any atom is -0.393 e. The number of thiophene rings is 1. The first-order valence-electron chi connectivity index (χ1n) is 9.59. The zero-order valence-electron chi connectivity index (χ0n) is 15.7. The predicted molar refractivity (Wildman–Crippen MR) is 112 cm³/mol. The number of nitrogens with zero attached hydrogens (tertiary/aromatic N) is 2. The Hall–Kier alpha value is -2.45. The Balaban J connectivity index is 1.59. The number of non-ortho nitro benzene ring substituents is 1. The molecular formula is C20H26N4O3S. The molecule has 0 spiro atoms. The van der Waals surface area contributed by atoms with E-state index in [2.05, 4.69) is 33.1 Å². The summed E-state index contributed by atoms with van der Waals surface area (Å²) in [6.07, 6.45) is 4.20. The fourth-order valence-electron chi connectivity index (χ4n) is 3.22. The van der Waals surface area contributed by atoms with Gasteiger partial charge in [-0.25, -0.2) is 4.99 Å². The van der Waals surface area contributed by atoms with Crippen molar-refractivity contribution in [3.63, 3.8) is 0 Å². The Morgan fingerprint density at radius 2 is 1.96 bits per heavy atom. The van der Waals surface area contributed by atoms with Gasteiger partial charge in [-0.1, -0.05) is 18.2 Å². The molecule has 1 saturated carbocycles. The molecule has 1 heterocycles. The molecule has 1 aromatic carbocycles. The zero-order chi connectivity index (χ0) is 19.8. The molecule has 150 valence electrons. The molecule has 2 aromatic rings. The summed E-state index contributed by atoms with van der Waals surface area (Å²) in [5, 5.41) is 29.4. The van der Waals surface area contributed by atoms with Gasteiger partial charge >= 0.3 is 0 Å². The van der Waals surface area contributed by atoms with Crippen molar-refractivity contribution in [2.75, 3.05) is 6.54 Å². The number of guanidine groups is 1. The van der Waals surface area contributed by atoms with Gasteiger partial charge in [0.25, 0.3) is 5.69 Å². The highest BCUT2D eigenvalue weighted by atomic mass is 32.1. The lowest BCUT2D eigenvalue weighted by molar-refractivity contribution is -0.384. The van der Waals surface area contributed by atoms with Gasteiger partial charge < -0.3 is 15.7 Å². The molecular weight excluding hydrogens is 376 g/mol. The van der Waals surface area contributed by atoms with Crippen molar-refractivity contribution in [2.24, 2.45) is 4.99 Å². The summed E-state index contributed by atoms with van der Waals surface area (Å²) in [7, 11) is 0. The van der Waals surface area contributed by atoms with E-state index in [1.54, 1.807) is 23.5 Å². The Bertz CT molecular complexity index is 769. The zero-order valence-corrected chi connectivity index (χ0v) is 16.5. The van der Waals surface area contributed by atoms with E-state index < -0.39 is 4.92 Å². The highest BCUT2D eigenvalue weighted by molar-refractivity contribution is 7.09. The van der Waals surface area contributed by atoms with Gasteiger partial charge in [0.1, 0.15) is 0 Å². The molecule has 28 heavy (non-hydrogen) atoms. The Kier molecular flexibility index (Phi) is 7.39. The third-order valence-corrected chi connectivity index (χ3v) is 5.78. The fraction of sp³-hybridized carbons (Fsp3) is 0.450. The standard InChI is InChI=1S/C20H26N4O3S/c25-18-9-5-16(6-10-18)23-20(21-12-11-19-2-1-13-28-19)22-14-15-3-7-17(8-4-15)24(26)27/h1-4,7-8,13,16,18,25H,5-6,9-12,14H2,(H2,21,22,23). The Morgan fingerprint density at radius 1 is 1.21 bits per heavy atom. The molecule has 0 radical (unpaired) electrons. The number of nitro benzene ring substituents is 1. The van der Waals surface area contributed by atoms with Gasteiger partial charge in [0.05, 0.1) is 17.6 Å². The van der Waals surface area contributed by atoms with Crippen LogP contribution in [-0.4, -0.2) is 34.7 Å². The number of aliphatic hydroxyl groups excluding tert-OH is 1. The van der Waals surface area contributed by atoms with Crippen LogP contribution in [-0.2, 0) is 13.0 Å². The van der Waals surface area contributed by atoms with Crippen molar-refractivity contribution < 1.29 is 10.0 Å². The van der Waals surface area contributed by atoms with Crippen molar-refractivity contribution in [3.8, 4) is 0 Å². The van der Waals surface area contributed by atoms with E-state index in [1.807, 2.05) is 0 Å². The van der Waals surface area contributed by atoms with Crippen LogP contribution in [0.2, 0.25) is 0 Å². The molecule has 1 fully saturated rings. The second kappa shape index (κ2) is 10.2. The van der Waals surface area contributed by atoms with Crippen molar-refractivity contribution in [2.45, 2.75) is 50.8 Å². The van der Waals surface area contributed by atoms with E-state index in [0.29, 0.717) is 12.6 Å². The lowest BCUT2D eigenvalue weighted by Gasteiger charge is -2.27. The van der Waals surface area contributed by atoms with Crippen LogP contribution in [0.25, 0.3) is 0 Å². The molecule has 0 unspecified atom stereocenters. The van der Waals surface area contributed by atoms with E-state index in [4.69, 9.17) is 0 Å². The number of nitro groups is 1. The third kappa shape index (κ3) is 6.31. The van der Waals surface area contributed by atoms with Crippen LogP contribution < -0.4 is 10.6 Å². The number of rotatable bonds is 7. The smallest absolute Gasteiger partial charge is 0.269 e. The normalized spacial score (nSPS) is 20.0. The lowest BCUT2D eigenvalue weighted by Crippen LogP contribution is -2.45. The molecule has 3 rings (SSSR count). The average Bonchev–Trinajstić information content (AvgIpc) is 3.21. The van der Waals surface area contributed by atoms with Crippen molar-refractivity contribution in [1.29, 1.82) is 0 Å². The Labute approximate surface area is 168 Å². The van der Waals surface area contributed by atoms with E-state index in [9.17, 15) is 15.2 Å². The van der Waals surface area contributed by atoms with Gasteiger partial charge in [-0.3, -0.25) is 10.1 Å². The first-order valence-corrected chi connectivity index (χ1v) is 10.5. The Morgan fingerprint density at radius 3 is 2.61 bits per heavy atom. The first kappa shape index (κ1) is 20.3. The van der Waals surface area contributed by atoms with E-state index in [-0.39, 0.29) is 11.8 Å². The number of hydrogen-bond acceptors (Lipinski definition) is 5. The molecule has 0 amide bonds. The number of aliphatic imine (C=N–C) groups is 1. The lowest BCUT2D eigenvalue weighted by atomic mass is 9.93. The van der Waals surface area contributed by atoms with E-state index in [1.165, 1.54) is 17.0 Å². The summed E-state index contributed by atoms with van der Waals surface area (Å²) < 4.78 is 0. The predicted octanol–water partition coefficient (Wildman–Crippen LogP) is 3.24. The van der Waals surface area contributed by atoms with Crippen LogP contribution in [0.3, 0.4) is 0 Å². The molecule has 0 bridgehead atoms. The van der Waals surface area contributed by atoms with Crippen LogP contribution in [0.1, 0.15) is 36.1 Å². The summed E-state index contributed by atoms with van der Waals surface area (Å²) in [5.41, 5.74) is 1.00. The molecule has 3 N–H and O–H groups in total. The van der Waals surface area contributed by atoms with Crippen LogP contribution in [0, 0.1) is 10.1 Å². The molecule has 7 nitrogen and oxygen atoms in total. The van der Waals surface area contributed by atoms with Crippen molar-refractivity contribution in [1.82, 2.24) is 10.6 Å². The van der Waals surface area contributed by atoms with Crippen LogP contribution >= 0.6 is 11.3 Å². The van der Waals surface area contributed by atoms with Gasteiger partial charge in [-0.05, 0) is 49.1 Å².